The van der Waals surface area contributed by atoms with Gasteiger partial charge >= 0.3 is 0 Å². The van der Waals surface area contributed by atoms with Gasteiger partial charge in [0, 0.05) is 18.8 Å². The van der Waals surface area contributed by atoms with Gasteiger partial charge in [0.2, 0.25) is 0 Å². The highest BCUT2D eigenvalue weighted by atomic mass is 16.5. The maximum absolute atomic E-state index is 5.56. The van der Waals surface area contributed by atoms with Gasteiger partial charge in [0.05, 0.1) is 31.1 Å². The normalized spacial score (nSPS) is 21.4. The summed E-state index contributed by atoms with van der Waals surface area (Å²) in [6.07, 6.45) is 3.14. The van der Waals surface area contributed by atoms with Crippen molar-refractivity contribution in [1.29, 1.82) is 0 Å². The highest BCUT2D eigenvalue weighted by Crippen LogP contribution is 2.22. The summed E-state index contributed by atoms with van der Waals surface area (Å²) in [5.74, 6) is 0.534. The number of nitrogens with one attached hydrogen (secondary N) is 1. The van der Waals surface area contributed by atoms with Crippen molar-refractivity contribution in [2.45, 2.75) is 32.2 Å². The number of nitrogens with zero attached hydrogens (tertiary/aromatic N) is 2. The van der Waals surface area contributed by atoms with E-state index in [1.54, 1.807) is 0 Å². The molecule has 2 atom stereocenters. The molecule has 1 aromatic heterocycles. The van der Waals surface area contributed by atoms with Crippen LogP contribution in [0.1, 0.15) is 31.9 Å². The molecule has 0 spiro atoms. The second kappa shape index (κ2) is 6.87. The fourth-order valence-electron chi connectivity index (χ4n) is 2.47. The molecule has 19 heavy (non-hydrogen) atoms. The second-order valence-electron chi connectivity index (χ2n) is 5.23. The van der Waals surface area contributed by atoms with Crippen LogP contribution in [0.25, 0.3) is 0 Å². The van der Waals surface area contributed by atoms with E-state index in [4.69, 9.17) is 4.74 Å². The molecule has 4 nitrogen and oxygen atoms in total. The van der Waals surface area contributed by atoms with E-state index < -0.39 is 0 Å². The van der Waals surface area contributed by atoms with E-state index in [0.29, 0.717) is 12.0 Å². The molecule has 0 aromatic carbocycles. The molecule has 4 heteroatoms. The molecule has 2 unspecified atom stereocenters. The summed E-state index contributed by atoms with van der Waals surface area (Å²) >= 11 is 0. The topological polar surface area (TPSA) is 37.4 Å². The van der Waals surface area contributed by atoms with Crippen molar-refractivity contribution in [3.8, 4) is 0 Å². The van der Waals surface area contributed by atoms with Gasteiger partial charge < -0.3 is 15.0 Å². The zero-order chi connectivity index (χ0) is 13.7. The number of pyridine rings is 1. The molecule has 2 rings (SSSR count). The maximum Gasteiger partial charge on any atom is 0.0683 e. The van der Waals surface area contributed by atoms with Crippen LogP contribution in [-0.2, 0) is 4.74 Å². The number of likely N-dealkylation sites (N-methyl/N-ethyl adjacent to an activating group) is 1. The van der Waals surface area contributed by atoms with E-state index in [2.05, 4.69) is 41.2 Å². The Kier molecular flexibility index (Phi) is 5.16. The Morgan fingerprint density at radius 3 is 3.00 bits per heavy atom. The Labute approximate surface area is 116 Å². The average Bonchev–Trinajstić information content (AvgIpc) is 2.47. The monoisotopic (exact) mass is 263 g/mol. The highest BCUT2D eigenvalue weighted by molar-refractivity contribution is 5.46. The summed E-state index contributed by atoms with van der Waals surface area (Å²) in [7, 11) is 1.98. The van der Waals surface area contributed by atoms with Crippen LogP contribution >= 0.6 is 0 Å². The van der Waals surface area contributed by atoms with Crippen molar-refractivity contribution in [2.75, 3.05) is 38.3 Å². The number of aromatic nitrogens is 1. The smallest absolute Gasteiger partial charge is 0.0683 e. The van der Waals surface area contributed by atoms with Crippen LogP contribution in [0.3, 0.4) is 0 Å². The molecule has 0 saturated carbocycles. The maximum atomic E-state index is 5.56. The van der Waals surface area contributed by atoms with E-state index >= 15 is 0 Å². The molecule has 0 radical (unpaired) electrons. The lowest BCUT2D eigenvalue weighted by Crippen LogP contribution is -2.50. The van der Waals surface area contributed by atoms with Gasteiger partial charge in [0.25, 0.3) is 0 Å². The number of anilines is 1. The first-order valence-corrected chi connectivity index (χ1v) is 7.21. The van der Waals surface area contributed by atoms with E-state index in [1.165, 1.54) is 11.4 Å². The summed E-state index contributed by atoms with van der Waals surface area (Å²) in [4.78, 5) is 7.01. The quantitative estimate of drug-likeness (QED) is 0.882. The SMILES string of the molecule is CCC(C)c1ccc(N2CCOCC2CNC)cn1. The Morgan fingerprint density at radius 2 is 2.37 bits per heavy atom. The lowest BCUT2D eigenvalue weighted by atomic mass is 10.0. The molecular weight excluding hydrogens is 238 g/mol. The van der Waals surface area contributed by atoms with E-state index in [0.717, 1.165) is 32.7 Å². The Hall–Kier alpha value is -1.13. The Balaban J connectivity index is 2.11. The number of ether oxygens (including phenoxy) is 1. The van der Waals surface area contributed by atoms with Gasteiger partial charge in [-0.25, -0.2) is 0 Å². The van der Waals surface area contributed by atoms with Gasteiger partial charge in [-0.3, -0.25) is 4.98 Å². The minimum absolute atomic E-state index is 0.398. The third kappa shape index (κ3) is 3.45. The minimum atomic E-state index is 0.398. The third-order valence-electron chi connectivity index (χ3n) is 3.89. The second-order valence-corrected chi connectivity index (χ2v) is 5.23. The van der Waals surface area contributed by atoms with Crippen LogP contribution in [0.2, 0.25) is 0 Å². The summed E-state index contributed by atoms with van der Waals surface area (Å²) in [5.41, 5.74) is 2.39. The molecule has 1 N–H and O–H groups in total. The molecule has 1 aromatic rings. The van der Waals surface area contributed by atoms with Crippen molar-refractivity contribution in [1.82, 2.24) is 10.3 Å². The lowest BCUT2D eigenvalue weighted by Gasteiger charge is -2.37. The number of hydrogen-bond acceptors (Lipinski definition) is 4. The summed E-state index contributed by atoms with van der Waals surface area (Å²) in [6.45, 7) is 7.89. The molecule has 1 saturated heterocycles. The van der Waals surface area contributed by atoms with Gasteiger partial charge in [-0.15, -0.1) is 0 Å². The third-order valence-corrected chi connectivity index (χ3v) is 3.89. The van der Waals surface area contributed by atoms with Gasteiger partial charge in [0.15, 0.2) is 0 Å². The van der Waals surface area contributed by atoms with Crippen molar-refractivity contribution in [2.24, 2.45) is 0 Å². The van der Waals surface area contributed by atoms with Crippen LogP contribution in [0, 0.1) is 0 Å². The van der Waals surface area contributed by atoms with Gasteiger partial charge in [-0.2, -0.15) is 0 Å². The van der Waals surface area contributed by atoms with Crippen molar-refractivity contribution in [3.05, 3.63) is 24.0 Å². The van der Waals surface area contributed by atoms with Crippen LogP contribution in [0.15, 0.2) is 18.3 Å². The molecule has 1 aliphatic rings. The Bertz CT molecular complexity index is 377. The zero-order valence-corrected chi connectivity index (χ0v) is 12.2. The van der Waals surface area contributed by atoms with Gasteiger partial charge in [-0.1, -0.05) is 13.8 Å². The fraction of sp³-hybridized carbons (Fsp3) is 0.667. The predicted molar refractivity (Wildman–Crippen MR) is 78.8 cm³/mol. The number of rotatable bonds is 5. The largest absolute Gasteiger partial charge is 0.377 e. The molecule has 106 valence electrons. The number of hydrogen-bond donors (Lipinski definition) is 1. The van der Waals surface area contributed by atoms with E-state index in [-0.39, 0.29) is 0 Å². The summed E-state index contributed by atoms with van der Waals surface area (Å²) < 4.78 is 5.56. The van der Waals surface area contributed by atoms with Crippen LogP contribution in [0.5, 0.6) is 0 Å². The van der Waals surface area contributed by atoms with Gasteiger partial charge in [0.1, 0.15) is 0 Å². The lowest BCUT2D eigenvalue weighted by molar-refractivity contribution is 0.0943. The van der Waals surface area contributed by atoms with Crippen molar-refractivity contribution < 1.29 is 4.74 Å². The molecule has 0 amide bonds. The molecule has 0 bridgehead atoms. The molecule has 1 aliphatic heterocycles. The first-order valence-electron chi connectivity index (χ1n) is 7.21. The zero-order valence-electron chi connectivity index (χ0n) is 12.2. The van der Waals surface area contributed by atoms with Crippen LogP contribution in [-0.4, -0.2) is 44.4 Å². The predicted octanol–water partition coefficient (Wildman–Crippen LogP) is 2.02. The fourth-order valence-corrected chi connectivity index (χ4v) is 2.47. The molecule has 2 heterocycles. The number of morpholine rings is 1. The van der Waals surface area contributed by atoms with Crippen molar-refractivity contribution >= 4 is 5.69 Å². The van der Waals surface area contributed by atoms with E-state index in [1.807, 2.05) is 13.2 Å². The average molecular weight is 263 g/mol. The Morgan fingerprint density at radius 1 is 1.53 bits per heavy atom. The van der Waals surface area contributed by atoms with Crippen LogP contribution < -0.4 is 10.2 Å². The molecular formula is C15H25N3O. The van der Waals surface area contributed by atoms with Crippen LogP contribution in [0.4, 0.5) is 5.69 Å². The first-order chi connectivity index (χ1) is 9.26. The first kappa shape index (κ1) is 14.3. The standard InChI is InChI=1S/C15H25N3O/c1-4-12(2)15-6-5-13(10-17-15)18-7-8-19-11-14(18)9-16-3/h5-6,10,12,14,16H,4,7-9,11H2,1-3H3. The highest BCUT2D eigenvalue weighted by Gasteiger charge is 2.22. The molecule has 0 aliphatic carbocycles. The summed E-state index contributed by atoms with van der Waals surface area (Å²) in [6, 6.07) is 4.76. The summed E-state index contributed by atoms with van der Waals surface area (Å²) in [5, 5.41) is 3.23. The van der Waals surface area contributed by atoms with Crippen molar-refractivity contribution in [3.63, 3.8) is 0 Å². The van der Waals surface area contributed by atoms with Gasteiger partial charge in [-0.05, 0) is 31.5 Å². The van der Waals surface area contributed by atoms with E-state index in [9.17, 15) is 0 Å². The minimum Gasteiger partial charge on any atom is -0.377 e. The molecule has 1 fully saturated rings.